The van der Waals surface area contributed by atoms with Crippen molar-refractivity contribution in [3.8, 4) is 0 Å². The third-order valence-electron chi connectivity index (χ3n) is 3.92. The quantitative estimate of drug-likeness (QED) is 0.844. The van der Waals surface area contributed by atoms with E-state index in [2.05, 4.69) is 25.1 Å². The Hall–Kier alpha value is -2.00. The molecule has 1 saturated heterocycles. The zero-order valence-corrected chi connectivity index (χ0v) is 13.8. The van der Waals surface area contributed by atoms with Crippen molar-refractivity contribution in [1.29, 1.82) is 0 Å². The number of nitrogens with zero attached hydrogens (tertiary/aromatic N) is 5. The average molecular weight is 336 g/mol. The minimum atomic E-state index is -3.33. The van der Waals surface area contributed by atoms with E-state index < -0.39 is 10.0 Å². The van der Waals surface area contributed by atoms with Crippen LogP contribution in [0, 0.1) is 0 Å². The summed E-state index contributed by atoms with van der Waals surface area (Å²) in [7, 11) is -1.53. The topological polar surface area (TPSA) is 93.0 Å². The van der Waals surface area contributed by atoms with Crippen LogP contribution in [0.4, 0.5) is 5.95 Å². The van der Waals surface area contributed by atoms with Gasteiger partial charge in [-0.3, -0.25) is 0 Å². The van der Waals surface area contributed by atoms with Crippen LogP contribution >= 0.6 is 0 Å². The highest BCUT2D eigenvalue weighted by Gasteiger charge is 2.25. The first kappa shape index (κ1) is 15.9. The summed E-state index contributed by atoms with van der Waals surface area (Å²) >= 11 is 0. The first-order valence-corrected chi connectivity index (χ1v) is 9.20. The Morgan fingerprint density at radius 3 is 2.52 bits per heavy atom. The second kappa shape index (κ2) is 6.63. The van der Waals surface area contributed by atoms with Crippen molar-refractivity contribution in [2.75, 3.05) is 18.0 Å². The van der Waals surface area contributed by atoms with Gasteiger partial charge in [-0.15, -0.1) is 0 Å². The lowest BCUT2D eigenvalue weighted by Gasteiger charge is -2.32. The molecule has 2 aromatic rings. The zero-order chi connectivity index (χ0) is 16.3. The SMILES string of the molecule is Cn1nnnc1N1CCC(NS(=O)(=O)Cc2ccccc2)CC1. The van der Waals surface area contributed by atoms with Crippen LogP contribution in [-0.4, -0.2) is 47.8 Å². The molecule has 0 amide bonds. The maximum Gasteiger partial charge on any atom is 0.245 e. The summed E-state index contributed by atoms with van der Waals surface area (Å²) in [5.74, 6) is 0.733. The molecule has 1 aliphatic heterocycles. The Morgan fingerprint density at radius 2 is 1.91 bits per heavy atom. The van der Waals surface area contributed by atoms with Crippen molar-refractivity contribution in [1.82, 2.24) is 24.9 Å². The van der Waals surface area contributed by atoms with Crippen LogP contribution in [0.15, 0.2) is 30.3 Å². The smallest absolute Gasteiger partial charge is 0.245 e. The van der Waals surface area contributed by atoms with Crippen molar-refractivity contribution in [3.63, 3.8) is 0 Å². The zero-order valence-electron chi connectivity index (χ0n) is 13.0. The summed E-state index contributed by atoms with van der Waals surface area (Å²) in [6, 6.07) is 9.17. The predicted molar refractivity (Wildman–Crippen MR) is 86.2 cm³/mol. The maximum atomic E-state index is 12.3. The van der Waals surface area contributed by atoms with Gasteiger partial charge in [0.15, 0.2) is 0 Å². The number of benzene rings is 1. The summed E-state index contributed by atoms with van der Waals surface area (Å²) in [5.41, 5.74) is 0.794. The monoisotopic (exact) mass is 336 g/mol. The van der Waals surface area contributed by atoms with Gasteiger partial charge in [0.05, 0.1) is 5.75 Å². The van der Waals surface area contributed by atoms with E-state index in [1.807, 2.05) is 30.3 Å². The normalized spacial score (nSPS) is 16.7. The van der Waals surface area contributed by atoms with E-state index in [-0.39, 0.29) is 11.8 Å². The molecule has 1 aromatic carbocycles. The Balaban J connectivity index is 1.55. The van der Waals surface area contributed by atoms with Crippen LogP contribution in [0.1, 0.15) is 18.4 Å². The molecule has 3 rings (SSSR count). The molecule has 9 heteroatoms. The third kappa shape index (κ3) is 4.05. The van der Waals surface area contributed by atoms with Crippen LogP contribution in [0.25, 0.3) is 0 Å². The number of nitrogens with one attached hydrogen (secondary N) is 1. The average Bonchev–Trinajstić information content (AvgIpc) is 2.94. The third-order valence-corrected chi connectivity index (χ3v) is 5.33. The van der Waals surface area contributed by atoms with Crippen LogP contribution in [0.3, 0.4) is 0 Å². The van der Waals surface area contributed by atoms with Crippen molar-refractivity contribution in [2.24, 2.45) is 7.05 Å². The van der Waals surface area contributed by atoms with Crippen molar-refractivity contribution < 1.29 is 8.42 Å². The van der Waals surface area contributed by atoms with Gasteiger partial charge in [-0.1, -0.05) is 35.4 Å². The largest absolute Gasteiger partial charge is 0.340 e. The van der Waals surface area contributed by atoms with E-state index in [9.17, 15) is 8.42 Å². The number of tetrazole rings is 1. The van der Waals surface area contributed by atoms with Gasteiger partial charge >= 0.3 is 0 Å². The van der Waals surface area contributed by atoms with E-state index >= 15 is 0 Å². The number of piperidine rings is 1. The molecule has 0 bridgehead atoms. The van der Waals surface area contributed by atoms with Crippen molar-refractivity contribution >= 4 is 16.0 Å². The lowest BCUT2D eigenvalue weighted by atomic mass is 10.1. The summed E-state index contributed by atoms with van der Waals surface area (Å²) in [6.07, 6.45) is 1.47. The fourth-order valence-electron chi connectivity index (χ4n) is 2.78. The molecular weight excluding hydrogens is 316 g/mol. The van der Waals surface area contributed by atoms with E-state index in [0.29, 0.717) is 0 Å². The fourth-order valence-corrected chi connectivity index (χ4v) is 4.24. The number of hydrogen-bond acceptors (Lipinski definition) is 6. The second-order valence-corrected chi connectivity index (χ2v) is 7.48. The molecule has 0 radical (unpaired) electrons. The fraction of sp³-hybridized carbons (Fsp3) is 0.500. The van der Waals surface area contributed by atoms with Crippen molar-refractivity contribution in [3.05, 3.63) is 35.9 Å². The van der Waals surface area contributed by atoms with Gasteiger partial charge in [0.2, 0.25) is 16.0 Å². The highest BCUT2D eigenvalue weighted by molar-refractivity contribution is 7.88. The minimum absolute atomic E-state index is 0.0151. The van der Waals surface area contributed by atoms with Gasteiger partial charge in [0, 0.05) is 26.2 Å². The summed E-state index contributed by atoms with van der Waals surface area (Å²) in [4.78, 5) is 2.07. The maximum absolute atomic E-state index is 12.3. The molecule has 124 valence electrons. The number of rotatable bonds is 5. The highest BCUT2D eigenvalue weighted by Crippen LogP contribution is 2.17. The number of sulfonamides is 1. The number of aryl methyl sites for hydroxylation is 1. The summed E-state index contributed by atoms with van der Waals surface area (Å²) < 4.78 is 29.0. The van der Waals surface area contributed by atoms with Crippen LogP contribution < -0.4 is 9.62 Å². The van der Waals surface area contributed by atoms with E-state index in [4.69, 9.17) is 0 Å². The molecule has 8 nitrogen and oxygen atoms in total. The molecule has 0 aliphatic carbocycles. The summed E-state index contributed by atoms with van der Waals surface area (Å²) in [6.45, 7) is 1.46. The lowest BCUT2D eigenvalue weighted by molar-refractivity contribution is 0.453. The van der Waals surface area contributed by atoms with Crippen LogP contribution in [-0.2, 0) is 22.8 Å². The molecule has 0 atom stereocenters. The Morgan fingerprint density at radius 1 is 1.22 bits per heavy atom. The molecular formula is C14H20N6O2S. The number of anilines is 1. The standard InChI is InChI=1S/C14H20N6O2S/c1-19-14(15-17-18-19)20-9-7-13(8-10-20)16-23(21,22)11-12-5-3-2-4-6-12/h2-6,13,16H,7-11H2,1H3. The Labute approximate surface area is 135 Å². The molecule has 0 saturated carbocycles. The van der Waals surface area contributed by atoms with Crippen molar-refractivity contribution in [2.45, 2.75) is 24.6 Å². The molecule has 1 aromatic heterocycles. The minimum Gasteiger partial charge on any atom is -0.340 e. The van der Waals surface area contributed by atoms with Gasteiger partial charge in [-0.25, -0.2) is 17.8 Å². The molecule has 1 N–H and O–H groups in total. The molecule has 1 aliphatic rings. The Kier molecular flexibility index (Phi) is 4.58. The molecule has 1 fully saturated rings. The number of hydrogen-bond donors (Lipinski definition) is 1. The van der Waals surface area contributed by atoms with E-state index in [1.165, 1.54) is 0 Å². The van der Waals surface area contributed by atoms with Gasteiger partial charge in [0.1, 0.15) is 0 Å². The highest BCUT2D eigenvalue weighted by atomic mass is 32.2. The first-order valence-electron chi connectivity index (χ1n) is 7.55. The van der Waals surface area contributed by atoms with Crippen LogP contribution in [0.2, 0.25) is 0 Å². The predicted octanol–water partition coefficient (Wildman–Crippen LogP) is 0.299. The molecule has 23 heavy (non-hydrogen) atoms. The van der Waals surface area contributed by atoms with E-state index in [0.717, 1.165) is 37.4 Å². The van der Waals surface area contributed by atoms with Gasteiger partial charge in [-0.2, -0.15) is 0 Å². The summed E-state index contributed by atoms with van der Waals surface area (Å²) in [5, 5.41) is 11.4. The van der Waals surface area contributed by atoms with Gasteiger partial charge < -0.3 is 4.90 Å². The number of aromatic nitrogens is 4. The first-order chi connectivity index (χ1) is 11.0. The molecule has 0 unspecified atom stereocenters. The lowest BCUT2D eigenvalue weighted by Crippen LogP contribution is -2.45. The van der Waals surface area contributed by atoms with Gasteiger partial charge in [0.25, 0.3) is 0 Å². The van der Waals surface area contributed by atoms with E-state index in [1.54, 1.807) is 11.7 Å². The molecule has 0 spiro atoms. The second-order valence-electron chi connectivity index (χ2n) is 5.73. The molecule has 2 heterocycles. The van der Waals surface area contributed by atoms with Crippen LogP contribution in [0.5, 0.6) is 0 Å². The Bertz CT molecular complexity index is 738. The van der Waals surface area contributed by atoms with Gasteiger partial charge in [-0.05, 0) is 28.8 Å².